The van der Waals surface area contributed by atoms with Gasteiger partial charge in [-0.3, -0.25) is 4.68 Å². The molecule has 1 unspecified atom stereocenters. The number of nitrogens with zero attached hydrogens (tertiary/aromatic N) is 3. The summed E-state index contributed by atoms with van der Waals surface area (Å²) in [7, 11) is 3.62. The van der Waals surface area contributed by atoms with E-state index in [1.54, 1.807) is 16.6 Å². The molecule has 1 aromatic heterocycles. The van der Waals surface area contributed by atoms with Crippen molar-refractivity contribution in [2.75, 3.05) is 11.9 Å². The third kappa shape index (κ3) is 2.39. The SMILES string of the molecule is Cc1nn(C)c(C)c1C(C(=O)O)N(C)c1ccccc1. The third-order valence-electron chi connectivity index (χ3n) is 3.62. The van der Waals surface area contributed by atoms with Gasteiger partial charge in [-0.05, 0) is 26.0 Å². The van der Waals surface area contributed by atoms with Crippen molar-refractivity contribution in [2.24, 2.45) is 7.05 Å². The lowest BCUT2D eigenvalue weighted by atomic mass is 10.0. The smallest absolute Gasteiger partial charge is 0.331 e. The van der Waals surface area contributed by atoms with Crippen molar-refractivity contribution in [3.05, 3.63) is 47.3 Å². The van der Waals surface area contributed by atoms with Crippen LogP contribution in [0.1, 0.15) is 23.0 Å². The first kappa shape index (κ1) is 14.1. The second-order valence-corrected chi connectivity index (χ2v) is 4.90. The lowest BCUT2D eigenvalue weighted by Crippen LogP contribution is -2.31. The van der Waals surface area contributed by atoms with E-state index in [1.165, 1.54) is 0 Å². The molecule has 0 aliphatic carbocycles. The van der Waals surface area contributed by atoms with Gasteiger partial charge in [0.1, 0.15) is 0 Å². The summed E-state index contributed by atoms with van der Waals surface area (Å²) in [6, 6.07) is 8.76. The van der Waals surface area contributed by atoms with E-state index in [0.29, 0.717) is 0 Å². The molecule has 0 saturated carbocycles. The molecule has 0 spiro atoms. The highest BCUT2D eigenvalue weighted by atomic mass is 16.4. The summed E-state index contributed by atoms with van der Waals surface area (Å²) in [5.41, 5.74) is 3.24. The molecular formula is C15H19N3O2. The summed E-state index contributed by atoms with van der Waals surface area (Å²) in [6.07, 6.45) is 0. The predicted molar refractivity (Wildman–Crippen MR) is 77.9 cm³/mol. The van der Waals surface area contributed by atoms with Crippen LogP contribution in [0.15, 0.2) is 30.3 Å². The van der Waals surface area contributed by atoms with Gasteiger partial charge in [0.15, 0.2) is 6.04 Å². The van der Waals surface area contributed by atoms with Crippen molar-refractivity contribution < 1.29 is 9.90 Å². The Hall–Kier alpha value is -2.30. The summed E-state index contributed by atoms with van der Waals surface area (Å²) >= 11 is 0. The zero-order valence-electron chi connectivity index (χ0n) is 12.2. The van der Waals surface area contributed by atoms with E-state index >= 15 is 0 Å². The standard InChI is InChI=1S/C15H19N3O2/c1-10-13(11(2)18(4)16-10)14(15(19)20)17(3)12-8-6-5-7-9-12/h5-9,14H,1-4H3,(H,19,20). The number of carboxylic acid groups (broad SMARTS) is 1. The Bertz CT molecular complexity index is 620. The van der Waals surface area contributed by atoms with Crippen LogP contribution in [0.5, 0.6) is 0 Å². The van der Waals surface area contributed by atoms with Crippen molar-refractivity contribution >= 4 is 11.7 Å². The maximum atomic E-state index is 11.7. The number of carboxylic acids is 1. The highest BCUT2D eigenvalue weighted by Gasteiger charge is 2.30. The Morgan fingerprint density at radius 1 is 1.30 bits per heavy atom. The molecule has 5 heteroatoms. The molecule has 106 valence electrons. The van der Waals surface area contributed by atoms with Crippen LogP contribution in [0.3, 0.4) is 0 Å². The number of likely N-dealkylation sites (N-methyl/N-ethyl adjacent to an activating group) is 1. The maximum Gasteiger partial charge on any atom is 0.331 e. The average molecular weight is 273 g/mol. The molecule has 0 aliphatic rings. The number of aliphatic carboxylic acids is 1. The summed E-state index contributed by atoms with van der Waals surface area (Å²) < 4.78 is 1.72. The first-order valence-electron chi connectivity index (χ1n) is 6.44. The Kier molecular flexibility index (Phi) is 3.79. The zero-order valence-corrected chi connectivity index (χ0v) is 12.2. The molecule has 0 radical (unpaired) electrons. The second kappa shape index (κ2) is 5.36. The van der Waals surface area contributed by atoms with E-state index in [9.17, 15) is 9.90 Å². The zero-order chi connectivity index (χ0) is 14.9. The van der Waals surface area contributed by atoms with E-state index < -0.39 is 12.0 Å². The average Bonchev–Trinajstić information content (AvgIpc) is 2.66. The minimum absolute atomic E-state index is 0.744. The van der Waals surface area contributed by atoms with Crippen LogP contribution in [0.4, 0.5) is 5.69 Å². The van der Waals surface area contributed by atoms with Crippen LogP contribution in [0, 0.1) is 13.8 Å². The third-order valence-corrected chi connectivity index (χ3v) is 3.62. The van der Waals surface area contributed by atoms with Crippen LogP contribution in [-0.2, 0) is 11.8 Å². The number of rotatable bonds is 4. The van der Waals surface area contributed by atoms with E-state index in [-0.39, 0.29) is 0 Å². The van der Waals surface area contributed by atoms with Gasteiger partial charge in [-0.15, -0.1) is 0 Å². The van der Waals surface area contributed by atoms with Gasteiger partial charge >= 0.3 is 5.97 Å². The van der Waals surface area contributed by atoms with Gasteiger partial charge in [0.05, 0.1) is 5.69 Å². The molecule has 0 amide bonds. The van der Waals surface area contributed by atoms with Gasteiger partial charge in [-0.2, -0.15) is 5.10 Å². The summed E-state index contributed by atoms with van der Waals surface area (Å²) in [4.78, 5) is 13.5. The van der Waals surface area contributed by atoms with Gasteiger partial charge in [-0.1, -0.05) is 18.2 Å². The second-order valence-electron chi connectivity index (χ2n) is 4.90. The number of hydrogen-bond acceptors (Lipinski definition) is 3. The van der Waals surface area contributed by atoms with Gasteiger partial charge in [-0.25, -0.2) is 4.79 Å². The highest BCUT2D eigenvalue weighted by Crippen LogP contribution is 2.29. The first-order valence-corrected chi connectivity index (χ1v) is 6.44. The first-order chi connectivity index (χ1) is 9.43. The largest absolute Gasteiger partial charge is 0.479 e. The Balaban J connectivity index is 2.50. The van der Waals surface area contributed by atoms with Gasteiger partial charge in [0.25, 0.3) is 0 Å². The number of para-hydroxylation sites is 1. The minimum Gasteiger partial charge on any atom is -0.479 e. The minimum atomic E-state index is -0.879. The topological polar surface area (TPSA) is 58.4 Å². The van der Waals surface area contributed by atoms with Crippen LogP contribution in [0.2, 0.25) is 0 Å². The van der Waals surface area contributed by atoms with Crippen molar-refractivity contribution in [3.63, 3.8) is 0 Å². The van der Waals surface area contributed by atoms with Crippen LogP contribution in [-0.4, -0.2) is 27.9 Å². The number of aryl methyl sites for hydroxylation is 2. The normalized spacial score (nSPS) is 12.2. The van der Waals surface area contributed by atoms with E-state index in [1.807, 2.05) is 51.2 Å². The number of anilines is 1. The predicted octanol–water partition coefficient (Wildman–Crippen LogP) is 2.30. The van der Waals surface area contributed by atoms with Gasteiger partial charge < -0.3 is 10.0 Å². The Morgan fingerprint density at radius 2 is 1.90 bits per heavy atom. The lowest BCUT2D eigenvalue weighted by Gasteiger charge is -2.27. The monoisotopic (exact) mass is 273 g/mol. The van der Waals surface area contributed by atoms with E-state index in [4.69, 9.17) is 0 Å². The molecule has 2 aromatic rings. The van der Waals surface area contributed by atoms with Crippen LogP contribution in [0.25, 0.3) is 0 Å². The molecule has 0 bridgehead atoms. The molecule has 1 aromatic carbocycles. The van der Waals surface area contributed by atoms with Gasteiger partial charge in [0.2, 0.25) is 0 Å². The number of carbonyl (C=O) groups is 1. The van der Waals surface area contributed by atoms with E-state index in [2.05, 4.69) is 5.10 Å². The highest BCUT2D eigenvalue weighted by molar-refractivity contribution is 5.80. The molecule has 0 saturated heterocycles. The summed E-state index contributed by atoms with van der Waals surface area (Å²) in [5, 5.41) is 14.0. The fraction of sp³-hybridized carbons (Fsp3) is 0.333. The number of aromatic nitrogens is 2. The number of benzene rings is 1. The van der Waals surface area contributed by atoms with Crippen molar-refractivity contribution in [1.29, 1.82) is 0 Å². The molecule has 1 atom stereocenters. The molecule has 0 aliphatic heterocycles. The van der Waals surface area contributed by atoms with E-state index in [0.717, 1.165) is 22.6 Å². The Labute approximate surface area is 118 Å². The molecule has 0 fully saturated rings. The molecule has 5 nitrogen and oxygen atoms in total. The summed E-state index contributed by atoms with van der Waals surface area (Å²) in [5.74, 6) is -0.879. The maximum absolute atomic E-state index is 11.7. The Morgan fingerprint density at radius 3 is 2.35 bits per heavy atom. The molecule has 2 rings (SSSR count). The number of hydrogen-bond donors (Lipinski definition) is 1. The van der Waals surface area contributed by atoms with Gasteiger partial charge in [0, 0.05) is 31.0 Å². The molecule has 20 heavy (non-hydrogen) atoms. The molecular weight excluding hydrogens is 254 g/mol. The molecule has 1 heterocycles. The van der Waals surface area contributed by atoms with Crippen molar-refractivity contribution in [2.45, 2.75) is 19.9 Å². The van der Waals surface area contributed by atoms with Crippen molar-refractivity contribution in [3.8, 4) is 0 Å². The quantitative estimate of drug-likeness (QED) is 0.928. The molecule has 1 N–H and O–H groups in total. The van der Waals surface area contributed by atoms with Crippen molar-refractivity contribution in [1.82, 2.24) is 9.78 Å². The lowest BCUT2D eigenvalue weighted by molar-refractivity contribution is -0.138. The fourth-order valence-electron chi connectivity index (χ4n) is 2.48. The summed E-state index contributed by atoms with van der Waals surface area (Å²) in [6.45, 7) is 3.74. The fourth-order valence-corrected chi connectivity index (χ4v) is 2.48. The van der Waals surface area contributed by atoms with Crippen LogP contribution < -0.4 is 4.90 Å². The van der Waals surface area contributed by atoms with Crippen LogP contribution >= 0.6 is 0 Å².